The summed E-state index contributed by atoms with van der Waals surface area (Å²) < 4.78 is 0. The molecule has 0 aromatic heterocycles. The minimum atomic E-state index is 0.0718. The van der Waals surface area contributed by atoms with E-state index in [-0.39, 0.29) is 5.54 Å². The van der Waals surface area contributed by atoms with Crippen LogP contribution in [0.5, 0.6) is 0 Å². The highest BCUT2D eigenvalue weighted by atomic mass is 14.9. The molecule has 0 aromatic rings. The van der Waals surface area contributed by atoms with Gasteiger partial charge in [0.15, 0.2) is 0 Å². The van der Waals surface area contributed by atoms with Gasteiger partial charge in [0.05, 0.1) is 5.54 Å². The zero-order valence-electron chi connectivity index (χ0n) is 14.1. The Labute approximate surface area is 120 Å². The summed E-state index contributed by atoms with van der Waals surface area (Å²) in [5, 5.41) is 0. The number of nitrogens with zero attached hydrogens (tertiary/aromatic N) is 1. The number of dihydropyridines is 1. The Kier molecular flexibility index (Phi) is 5.03. The van der Waals surface area contributed by atoms with Gasteiger partial charge >= 0.3 is 0 Å². The summed E-state index contributed by atoms with van der Waals surface area (Å²) in [6.45, 7) is 16.3. The molecule has 0 radical (unpaired) electrons. The van der Waals surface area contributed by atoms with E-state index in [2.05, 4.69) is 60.8 Å². The molecule has 1 heterocycles. The van der Waals surface area contributed by atoms with Crippen LogP contribution in [0.4, 0.5) is 0 Å². The van der Waals surface area contributed by atoms with Crippen LogP contribution in [0.1, 0.15) is 80.6 Å². The molecular weight excluding hydrogens is 230 g/mol. The topological polar surface area (TPSA) is 12.4 Å². The van der Waals surface area contributed by atoms with Crippen LogP contribution < -0.4 is 0 Å². The number of allylic oxidation sites excluding steroid dienone is 1. The molecule has 0 aliphatic carbocycles. The molecule has 110 valence electrons. The third-order valence-corrected chi connectivity index (χ3v) is 6.33. The predicted octanol–water partition coefficient (Wildman–Crippen LogP) is 5.80. The van der Waals surface area contributed by atoms with Crippen molar-refractivity contribution in [1.82, 2.24) is 0 Å². The third kappa shape index (κ3) is 2.80. The Balaban J connectivity index is 2.99. The molecule has 0 bridgehead atoms. The molecule has 1 aliphatic rings. The van der Waals surface area contributed by atoms with E-state index < -0.39 is 0 Å². The van der Waals surface area contributed by atoms with Crippen molar-refractivity contribution in [3.05, 3.63) is 11.6 Å². The molecule has 1 heteroatoms. The largest absolute Gasteiger partial charge is 0.286 e. The summed E-state index contributed by atoms with van der Waals surface area (Å²) in [7, 11) is 0. The lowest BCUT2D eigenvalue weighted by Gasteiger charge is -2.45. The van der Waals surface area contributed by atoms with Crippen LogP contribution in [0.25, 0.3) is 0 Å². The third-order valence-electron chi connectivity index (χ3n) is 6.33. The quantitative estimate of drug-likeness (QED) is 0.574. The zero-order chi connectivity index (χ0) is 14.7. The van der Waals surface area contributed by atoms with Gasteiger partial charge in [-0.1, -0.05) is 47.6 Å². The zero-order valence-corrected chi connectivity index (χ0v) is 14.1. The van der Waals surface area contributed by atoms with Crippen molar-refractivity contribution < 1.29 is 0 Å². The van der Waals surface area contributed by atoms with Gasteiger partial charge in [0.1, 0.15) is 0 Å². The lowest BCUT2D eigenvalue weighted by molar-refractivity contribution is 0.146. The van der Waals surface area contributed by atoms with Gasteiger partial charge in [0.25, 0.3) is 0 Å². The van der Waals surface area contributed by atoms with Crippen LogP contribution in [0.15, 0.2) is 16.6 Å². The number of hydrogen-bond donors (Lipinski definition) is 0. The number of aliphatic imine (C=N–C) groups is 1. The normalized spacial score (nSPS) is 24.5. The lowest BCUT2D eigenvalue weighted by Crippen LogP contribution is -2.43. The highest BCUT2D eigenvalue weighted by Gasteiger charge is 2.42. The Morgan fingerprint density at radius 3 is 1.89 bits per heavy atom. The van der Waals surface area contributed by atoms with Crippen LogP contribution in [-0.4, -0.2) is 11.8 Å². The molecular formula is C18H33N. The molecule has 1 rings (SSSR count). The van der Waals surface area contributed by atoms with E-state index in [0.29, 0.717) is 10.8 Å². The first-order chi connectivity index (χ1) is 8.80. The minimum absolute atomic E-state index is 0.0718. The summed E-state index contributed by atoms with van der Waals surface area (Å²) >= 11 is 0. The van der Waals surface area contributed by atoms with Crippen molar-refractivity contribution in [2.75, 3.05) is 0 Å². The summed E-state index contributed by atoms with van der Waals surface area (Å²) in [4.78, 5) is 5.03. The van der Waals surface area contributed by atoms with Crippen LogP contribution >= 0.6 is 0 Å². The average molecular weight is 263 g/mol. The van der Waals surface area contributed by atoms with E-state index in [9.17, 15) is 0 Å². The maximum atomic E-state index is 5.03. The van der Waals surface area contributed by atoms with Gasteiger partial charge in [-0.05, 0) is 55.4 Å². The van der Waals surface area contributed by atoms with Crippen molar-refractivity contribution in [3.63, 3.8) is 0 Å². The molecule has 1 unspecified atom stereocenters. The fraction of sp³-hybridized carbons (Fsp3) is 0.833. The molecule has 0 spiro atoms. The first-order valence-electron chi connectivity index (χ1n) is 8.06. The van der Waals surface area contributed by atoms with Gasteiger partial charge in [0.2, 0.25) is 0 Å². The van der Waals surface area contributed by atoms with E-state index >= 15 is 0 Å². The maximum absolute atomic E-state index is 5.03. The second-order valence-corrected chi connectivity index (χ2v) is 6.93. The summed E-state index contributed by atoms with van der Waals surface area (Å²) in [6.07, 6.45) is 10.5. The maximum Gasteiger partial charge on any atom is 0.0667 e. The van der Waals surface area contributed by atoms with Gasteiger partial charge in [-0.15, -0.1) is 0 Å². The van der Waals surface area contributed by atoms with Gasteiger partial charge in [-0.3, -0.25) is 4.99 Å². The van der Waals surface area contributed by atoms with Crippen LogP contribution in [-0.2, 0) is 0 Å². The Bertz CT molecular complexity index is 356. The standard InChI is InChI=1S/C18H33N/c1-8-16(5,9-2)15-12-13-18(7,19-14-15)17(6,10-3)11-4/h12,14H,8-11,13H2,1-7H3. The molecule has 0 saturated heterocycles. The molecule has 1 aliphatic heterocycles. The number of rotatable bonds is 6. The smallest absolute Gasteiger partial charge is 0.0667 e. The van der Waals surface area contributed by atoms with E-state index in [4.69, 9.17) is 4.99 Å². The fourth-order valence-electron chi connectivity index (χ4n) is 3.10. The van der Waals surface area contributed by atoms with E-state index in [1.165, 1.54) is 31.3 Å². The summed E-state index contributed by atoms with van der Waals surface area (Å²) in [6, 6.07) is 0. The second-order valence-electron chi connectivity index (χ2n) is 6.93. The second kappa shape index (κ2) is 5.81. The fourth-order valence-corrected chi connectivity index (χ4v) is 3.10. The van der Waals surface area contributed by atoms with E-state index in [1.807, 2.05) is 0 Å². The van der Waals surface area contributed by atoms with Crippen molar-refractivity contribution >= 4 is 6.21 Å². The average Bonchev–Trinajstić information content (AvgIpc) is 2.46. The van der Waals surface area contributed by atoms with E-state index in [1.54, 1.807) is 0 Å². The van der Waals surface area contributed by atoms with Crippen molar-refractivity contribution in [3.8, 4) is 0 Å². The molecule has 0 amide bonds. The SMILES string of the molecule is CCC(C)(CC)C1=CCC(C)(C(C)(CC)CC)N=C1. The molecule has 0 aromatic carbocycles. The van der Waals surface area contributed by atoms with E-state index in [0.717, 1.165) is 6.42 Å². The Hall–Kier alpha value is -0.590. The Morgan fingerprint density at radius 2 is 1.58 bits per heavy atom. The van der Waals surface area contributed by atoms with Crippen molar-refractivity contribution in [1.29, 1.82) is 0 Å². The van der Waals surface area contributed by atoms with Crippen LogP contribution in [0, 0.1) is 10.8 Å². The highest BCUT2D eigenvalue weighted by molar-refractivity contribution is 5.81. The Morgan fingerprint density at radius 1 is 1.05 bits per heavy atom. The first-order valence-corrected chi connectivity index (χ1v) is 8.06. The molecule has 0 fully saturated rings. The van der Waals surface area contributed by atoms with Crippen LogP contribution in [0.3, 0.4) is 0 Å². The monoisotopic (exact) mass is 263 g/mol. The molecule has 19 heavy (non-hydrogen) atoms. The lowest BCUT2D eigenvalue weighted by atomic mass is 9.65. The van der Waals surface area contributed by atoms with Gasteiger partial charge < -0.3 is 0 Å². The molecule has 1 atom stereocenters. The summed E-state index contributed by atoms with van der Waals surface area (Å²) in [5.41, 5.74) is 2.13. The molecule has 1 nitrogen and oxygen atoms in total. The number of hydrogen-bond acceptors (Lipinski definition) is 1. The first kappa shape index (κ1) is 16.5. The van der Waals surface area contributed by atoms with Crippen molar-refractivity contribution in [2.45, 2.75) is 86.1 Å². The minimum Gasteiger partial charge on any atom is -0.286 e. The highest BCUT2D eigenvalue weighted by Crippen LogP contribution is 2.46. The van der Waals surface area contributed by atoms with Gasteiger partial charge in [0, 0.05) is 6.21 Å². The molecule has 0 N–H and O–H groups in total. The van der Waals surface area contributed by atoms with Gasteiger partial charge in [-0.25, -0.2) is 0 Å². The van der Waals surface area contributed by atoms with Crippen molar-refractivity contribution in [2.24, 2.45) is 15.8 Å². The summed E-state index contributed by atoms with van der Waals surface area (Å²) in [5.74, 6) is 0. The molecule has 0 saturated carbocycles. The van der Waals surface area contributed by atoms with Gasteiger partial charge in [-0.2, -0.15) is 0 Å². The predicted molar refractivity (Wildman–Crippen MR) is 87.0 cm³/mol. The van der Waals surface area contributed by atoms with Crippen LogP contribution in [0.2, 0.25) is 0 Å².